The van der Waals surface area contributed by atoms with Crippen molar-refractivity contribution in [3.05, 3.63) is 65.7 Å². The molecule has 0 saturated carbocycles. The molecule has 3 heteroatoms. The van der Waals surface area contributed by atoms with E-state index in [0.29, 0.717) is 17.2 Å². The zero-order valence-corrected chi connectivity index (χ0v) is 14.3. The summed E-state index contributed by atoms with van der Waals surface area (Å²) in [6, 6.07) is 17.2. The van der Waals surface area contributed by atoms with Gasteiger partial charge < -0.3 is 9.64 Å². The molecule has 0 aliphatic carbocycles. The highest BCUT2D eigenvalue weighted by Gasteiger charge is 2.21. The Hall–Kier alpha value is -2.13. The topological polar surface area (TPSA) is 29.5 Å². The maximum atomic E-state index is 12.2. The van der Waals surface area contributed by atoms with E-state index in [2.05, 4.69) is 17.9 Å². The van der Waals surface area contributed by atoms with Crippen molar-refractivity contribution in [3.63, 3.8) is 0 Å². The number of benzene rings is 2. The lowest BCUT2D eigenvalue weighted by Crippen LogP contribution is -2.34. The second kappa shape index (κ2) is 8.11. The van der Waals surface area contributed by atoms with Crippen LogP contribution >= 0.6 is 0 Å². The van der Waals surface area contributed by atoms with E-state index in [-0.39, 0.29) is 5.97 Å². The molecule has 1 saturated heterocycles. The van der Waals surface area contributed by atoms with E-state index >= 15 is 0 Å². The number of carbonyl (C=O) groups excluding carboxylic acids is 1. The number of ether oxygens (including phenoxy) is 1. The second-order valence-electron chi connectivity index (χ2n) is 6.47. The zero-order chi connectivity index (χ0) is 16.8. The molecular weight excluding hydrogens is 298 g/mol. The maximum absolute atomic E-state index is 12.2. The molecule has 126 valence electrons. The molecule has 3 rings (SSSR count). The average Bonchev–Trinajstić information content (AvgIpc) is 2.63. The Bertz CT molecular complexity index is 667. The molecule has 3 nitrogen and oxygen atoms in total. The molecule has 0 radical (unpaired) electrons. The quantitative estimate of drug-likeness (QED) is 0.599. The van der Waals surface area contributed by atoms with Crippen LogP contribution in [0.25, 0.3) is 0 Å². The first kappa shape index (κ1) is 16.7. The van der Waals surface area contributed by atoms with Crippen molar-refractivity contribution in [2.24, 2.45) is 0 Å². The highest BCUT2D eigenvalue weighted by atomic mass is 16.5. The number of nitrogens with zero attached hydrogens (tertiary/aromatic N) is 1. The van der Waals surface area contributed by atoms with Gasteiger partial charge in [0.1, 0.15) is 5.75 Å². The molecule has 0 spiro atoms. The first-order valence-electron chi connectivity index (χ1n) is 8.86. The van der Waals surface area contributed by atoms with E-state index in [1.165, 1.54) is 37.9 Å². The minimum atomic E-state index is -0.302. The summed E-state index contributed by atoms with van der Waals surface area (Å²) in [5.41, 5.74) is 1.85. The third-order valence-electron chi connectivity index (χ3n) is 4.59. The molecule has 0 amide bonds. The van der Waals surface area contributed by atoms with Crippen LogP contribution in [-0.4, -0.2) is 30.5 Å². The summed E-state index contributed by atoms with van der Waals surface area (Å²) in [5, 5.41) is 0. The largest absolute Gasteiger partial charge is 0.423 e. The number of carbonyl (C=O) groups is 1. The monoisotopic (exact) mass is 323 g/mol. The number of esters is 1. The van der Waals surface area contributed by atoms with Gasteiger partial charge in [0.05, 0.1) is 5.56 Å². The molecule has 2 aromatic carbocycles. The van der Waals surface area contributed by atoms with Gasteiger partial charge in [-0.1, -0.05) is 37.3 Å². The Morgan fingerprint density at radius 1 is 1.17 bits per heavy atom. The van der Waals surface area contributed by atoms with Gasteiger partial charge in [-0.15, -0.1) is 0 Å². The molecule has 0 bridgehead atoms. The zero-order valence-electron chi connectivity index (χ0n) is 14.3. The van der Waals surface area contributed by atoms with E-state index in [0.717, 1.165) is 6.54 Å². The van der Waals surface area contributed by atoms with E-state index in [1.807, 2.05) is 36.4 Å². The van der Waals surface area contributed by atoms with Gasteiger partial charge in [-0.05, 0) is 68.1 Å². The molecule has 1 aliphatic heterocycles. The van der Waals surface area contributed by atoms with Crippen LogP contribution in [0.15, 0.2) is 54.6 Å². The Labute approximate surface area is 144 Å². The van der Waals surface area contributed by atoms with Gasteiger partial charge in [0.2, 0.25) is 0 Å². The summed E-state index contributed by atoms with van der Waals surface area (Å²) in [6.07, 6.45) is 3.64. The standard InChI is InChI=1S/C21H25NO2/c1-2-13-22-14-7-11-19(16-22)18-10-6-12-20(15-18)24-21(23)17-8-4-3-5-9-17/h3-6,8-10,12,15,19H,2,7,11,13-14,16H2,1H3. The predicted molar refractivity (Wildman–Crippen MR) is 96.5 cm³/mol. The summed E-state index contributed by atoms with van der Waals surface area (Å²) in [7, 11) is 0. The van der Waals surface area contributed by atoms with E-state index < -0.39 is 0 Å². The van der Waals surface area contributed by atoms with Crippen LogP contribution in [0, 0.1) is 0 Å². The molecule has 0 aromatic heterocycles. The predicted octanol–water partition coefficient (Wildman–Crippen LogP) is 4.50. The fraction of sp³-hybridized carbons (Fsp3) is 0.381. The minimum absolute atomic E-state index is 0.302. The number of piperidine rings is 1. The van der Waals surface area contributed by atoms with Crippen LogP contribution < -0.4 is 4.74 Å². The molecule has 1 fully saturated rings. The smallest absolute Gasteiger partial charge is 0.343 e. The van der Waals surface area contributed by atoms with Gasteiger partial charge in [-0.3, -0.25) is 0 Å². The van der Waals surface area contributed by atoms with Crippen LogP contribution in [0.3, 0.4) is 0 Å². The van der Waals surface area contributed by atoms with E-state index in [1.54, 1.807) is 12.1 Å². The lowest BCUT2D eigenvalue weighted by molar-refractivity contribution is 0.0734. The van der Waals surface area contributed by atoms with Crippen molar-refractivity contribution >= 4 is 5.97 Å². The van der Waals surface area contributed by atoms with Gasteiger partial charge >= 0.3 is 5.97 Å². The molecule has 1 aliphatic rings. The number of rotatable bonds is 5. The van der Waals surface area contributed by atoms with Crippen molar-refractivity contribution in [2.45, 2.75) is 32.1 Å². The van der Waals surface area contributed by atoms with Crippen molar-refractivity contribution in [3.8, 4) is 5.75 Å². The molecule has 1 heterocycles. The van der Waals surface area contributed by atoms with Crippen LogP contribution in [-0.2, 0) is 0 Å². The van der Waals surface area contributed by atoms with Crippen molar-refractivity contribution in [2.75, 3.05) is 19.6 Å². The Morgan fingerprint density at radius 3 is 2.79 bits per heavy atom. The molecule has 0 N–H and O–H groups in total. The van der Waals surface area contributed by atoms with E-state index in [9.17, 15) is 4.79 Å². The van der Waals surface area contributed by atoms with Crippen molar-refractivity contribution in [1.29, 1.82) is 0 Å². The molecule has 2 aromatic rings. The number of likely N-dealkylation sites (tertiary alicyclic amines) is 1. The molecular formula is C21H25NO2. The summed E-state index contributed by atoms with van der Waals surface area (Å²) in [4.78, 5) is 14.7. The van der Waals surface area contributed by atoms with Gasteiger partial charge in [0.15, 0.2) is 0 Å². The lowest BCUT2D eigenvalue weighted by Gasteiger charge is -2.32. The van der Waals surface area contributed by atoms with Crippen LogP contribution in [0.1, 0.15) is 48.0 Å². The summed E-state index contributed by atoms with van der Waals surface area (Å²) in [6.45, 7) is 5.70. The fourth-order valence-corrected chi connectivity index (χ4v) is 3.42. The van der Waals surface area contributed by atoms with Crippen molar-refractivity contribution in [1.82, 2.24) is 4.90 Å². The lowest BCUT2D eigenvalue weighted by atomic mass is 9.90. The first-order chi connectivity index (χ1) is 11.8. The summed E-state index contributed by atoms with van der Waals surface area (Å²) < 4.78 is 5.55. The molecule has 1 unspecified atom stereocenters. The third kappa shape index (κ3) is 4.24. The second-order valence-corrected chi connectivity index (χ2v) is 6.47. The van der Waals surface area contributed by atoms with Gasteiger partial charge in [-0.2, -0.15) is 0 Å². The fourth-order valence-electron chi connectivity index (χ4n) is 3.42. The first-order valence-corrected chi connectivity index (χ1v) is 8.86. The van der Waals surface area contributed by atoms with Crippen LogP contribution in [0.2, 0.25) is 0 Å². The Kier molecular flexibility index (Phi) is 5.65. The van der Waals surface area contributed by atoms with Crippen LogP contribution in [0.4, 0.5) is 0 Å². The van der Waals surface area contributed by atoms with E-state index in [4.69, 9.17) is 4.74 Å². The summed E-state index contributed by atoms with van der Waals surface area (Å²) >= 11 is 0. The maximum Gasteiger partial charge on any atom is 0.343 e. The highest BCUT2D eigenvalue weighted by molar-refractivity contribution is 5.90. The molecule has 24 heavy (non-hydrogen) atoms. The number of hydrogen-bond donors (Lipinski definition) is 0. The average molecular weight is 323 g/mol. The van der Waals surface area contributed by atoms with Crippen LogP contribution in [0.5, 0.6) is 5.75 Å². The number of hydrogen-bond acceptors (Lipinski definition) is 3. The van der Waals surface area contributed by atoms with Gasteiger partial charge in [0, 0.05) is 6.54 Å². The van der Waals surface area contributed by atoms with Gasteiger partial charge in [-0.25, -0.2) is 4.79 Å². The summed E-state index contributed by atoms with van der Waals surface area (Å²) in [5.74, 6) is 0.860. The highest BCUT2D eigenvalue weighted by Crippen LogP contribution is 2.29. The molecule has 1 atom stereocenters. The SMILES string of the molecule is CCCN1CCCC(c2cccc(OC(=O)c3ccccc3)c2)C1. The minimum Gasteiger partial charge on any atom is -0.423 e. The Balaban J connectivity index is 1.69. The van der Waals surface area contributed by atoms with Crippen molar-refractivity contribution < 1.29 is 9.53 Å². The third-order valence-corrected chi connectivity index (χ3v) is 4.59. The van der Waals surface area contributed by atoms with Gasteiger partial charge in [0.25, 0.3) is 0 Å². The normalized spacial score (nSPS) is 18.3. The Morgan fingerprint density at radius 2 is 2.00 bits per heavy atom.